The summed E-state index contributed by atoms with van der Waals surface area (Å²) in [6.07, 6.45) is 12.5. The molecule has 8 heterocycles. The maximum absolute atomic E-state index is 12.1. The van der Waals surface area contributed by atoms with Gasteiger partial charge in [0.2, 0.25) is 11.9 Å². The molecule has 2 aromatic carbocycles. The van der Waals surface area contributed by atoms with Crippen molar-refractivity contribution >= 4 is 130 Å². The van der Waals surface area contributed by atoms with E-state index >= 15 is 0 Å². The molecule has 6 aromatic rings. The standard InChI is InChI=1S/C27H35Cl2N7OS.C25H29Cl2N5O2S/c1-2-30-27(37)32-23-16-21-24(31-17-19-5-6-20(28)15-22(19)29)33-26(34-25(21)38-23)36-13-8-18(9-14-36)7-12-35-10-3-4-11-35;26-18-4-3-17(20(27)13-18)15-28-22-19-14-21(24(33)34)35-23(19)30-25(29-22)32-11-6-16(7-12-32)5-10-31-8-1-2-9-31/h5-6,15-16,18H,2-4,7-14,17H2,1H3,(H2,30,32,37)(H,31,33,34);3-4,13-14,16H,1-2,5-12,15H2,(H,33,34)(H,28,29,30). The summed E-state index contributed by atoms with van der Waals surface area (Å²) in [7, 11) is 0. The van der Waals surface area contributed by atoms with Crippen LogP contribution in [0.3, 0.4) is 0 Å². The number of aromatic carboxylic acids is 1. The van der Waals surface area contributed by atoms with Crippen molar-refractivity contribution in [3.63, 3.8) is 0 Å². The lowest BCUT2D eigenvalue weighted by molar-refractivity contribution is 0.0702. The number of halogens is 4. The number of anilines is 5. The van der Waals surface area contributed by atoms with Gasteiger partial charge in [-0.1, -0.05) is 69.9 Å². The number of piperidine rings is 2. The lowest BCUT2D eigenvalue weighted by atomic mass is 9.93. The Morgan fingerprint density at radius 2 is 1.10 bits per heavy atom. The molecule has 0 radical (unpaired) electrons. The topological polar surface area (TPSA) is 167 Å². The van der Waals surface area contributed by atoms with Crippen molar-refractivity contribution in [1.82, 2.24) is 35.1 Å². The summed E-state index contributed by atoms with van der Waals surface area (Å²) in [6.45, 7) is 14.6. The molecule has 4 aliphatic rings. The quantitative estimate of drug-likeness (QED) is 0.0586. The van der Waals surface area contributed by atoms with E-state index in [1.165, 1.54) is 100 Å². The monoisotopic (exact) mass is 1110 g/mol. The van der Waals surface area contributed by atoms with E-state index < -0.39 is 5.97 Å². The number of carboxylic acids is 1. The number of carboxylic acid groups (broad SMARTS) is 1. The summed E-state index contributed by atoms with van der Waals surface area (Å²) < 4.78 is 0. The fraction of sp³-hybridized carbons (Fsp3) is 0.500. The van der Waals surface area contributed by atoms with Gasteiger partial charge in [-0.05, 0) is 170 Å². The van der Waals surface area contributed by atoms with Gasteiger partial charge in [0.15, 0.2) is 0 Å². The molecule has 5 N–H and O–H groups in total. The summed E-state index contributed by atoms with van der Waals surface area (Å²) in [6, 6.07) is 14.2. The number of hydrogen-bond acceptors (Lipinski definition) is 14. The van der Waals surface area contributed by atoms with Crippen molar-refractivity contribution in [3.8, 4) is 0 Å². The van der Waals surface area contributed by atoms with Gasteiger partial charge in [0.05, 0.1) is 15.8 Å². The molecule has 0 aliphatic carbocycles. The number of fused-ring (bicyclic) bond motifs is 2. The maximum Gasteiger partial charge on any atom is 0.345 e. The van der Waals surface area contributed by atoms with Gasteiger partial charge < -0.3 is 40.7 Å². The highest BCUT2D eigenvalue weighted by molar-refractivity contribution is 7.22. The van der Waals surface area contributed by atoms with Gasteiger partial charge in [-0.25, -0.2) is 19.6 Å². The van der Waals surface area contributed by atoms with E-state index in [1.807, 2.05) is 31.2 Å². The lowest BCUT2D eigenvalue weighted by Gasteiger charge is -2.33. The zero-order valence-electron chi connectivity index (χ0n) is 41.2. The number of urea groups is 1. The van der Waals surface area contributed by atoms with Gasteiger partial charge >= 0.3 is 12.0 Å². The number of thiophene rings is 2. The summed E-state index contributed by atoms with van der Waals surface area (Å²) in [4.78, 5) is 54.7. The van der Waals surface area contributed by atoms with E-state index in [9.17, 15) is 14.7 Å². The van der Waals surface area contributed by atoms with E-state index in [-0.39, 0.29) is 10.9 Å². The Kier molecular flexibility index (Phi) is 18.6. The van der Waals surface area contributed by atoms with E-state index in [0.29, 0.717) is 61.7 Å². The number of likely N-dealkylation sites (tertiary alicyclic amines) is 2. The van der Waals surface area contributed by atoms with Crippen LogP contribution in [0, 0.1) is 11.8 Å². The largest absolute Gasteiger partial charge is 0.477 e. The molecule has 21 heteroatoms. The van der Waals surface area contributed by atoms with Crippen molar-refractivity contribution in [2.45, 2.75) is 84.2 Å². The molecule has 15 nitrogen and oxygen atoms in total. The first-order valence-corrected chi connectivity index (χ1v) is 28.8. The fourth-order valence-corrected chi connectivity index (χ4v) is 12.9. The zero-order valence-corrected chi connectivity index (χ0v) is 45.9. The maximum atomic E-state index is 12.1. The molecule has 0 bridgehead atoms. The number of nitrogens with one attached hydrogen (secondary N) is 4. The Labute approximate surface area is 455 Å². The van der Waals surface area contributed by atoms with Crippen molar-refractivity contribution in [2.75, 3.05) is 97.7 Å². The molecule has 0 atom stereocenters. The highest BCUT2D eigenvalue weighted by atomic mass is 35.5. The molecule has 2 amide bonds. The van der Waals surface area contributed by atoms with Crippen molar-refractivity contribution in [1.29, 1.82) is 0 Å². The normalized spacial score (nSPS) is 17.1. The van der Waals surface area contributed by atoms with Crippen LogP contribution < -0.4 is 31.1 Å². The van der Waals surface area contributed by atoms with Crippen LogP contribution in [-0.2, 0) is 13.1 Å². The minimum absolute atomic E-state index is 0.231. The average Bonchev–Trinajstić information content (AvgIpc) is 4.24. The van der Waals surface area contributed by atoms with Gasteiger partial charge in [-0.15, -0.1) is 11.3 Å². The molecule has 4 aromatic heterocycles. The number of amides is 2. The summed E-state index contributed by atoms with van der Waals surface area (Å²) in [5, 5.41) is 26.7. The van der Waals surface area contributed by atoms with Gasteiger partial charge in [0, 0.05) is 65.9 Å². The molecule has 390 valence electrons. The second-order valence-electron chi connectivity index (χ2n) is 19.4. The molecule has 4 fully saturated rings. The summed E-state index contributed by atoms with van der Waals surface area (Å²) in [5.74, 6) is 3.27. The first kappa shape index (κ1) is 53.4. The smallest absolute Gasteiger partial charge is 0.345 e. The minimum Gasteiger partial charge on any atom is -0.477 e. The first-order chi connectivity index (χ1) is 35.4. The van der Waals surface area contributed by atoms with Crippen LogP contribution in [0.4, 0.5) is 33.3 Å². The Hall–Kier alpha value is -4.46. The first-order valence-electron chi connectivity index (χ1n) is 25.7. The van der Waals surface area contributed by atoms with Gasteiger partial charge in [-0.3, -0.25) is 5.32 Å². The highest BCUT2D eigenvalue weighted by Crippen LogP contribution is 2.37. The Balaban J connectivity index is 0.000000180. The number of nitrogens with zero attached hydrogens (tertiary/aromatic N) is 8. The predicted octanol–water partition coefficient (Wildman–Crippen LogP) is 12.5. The molecule has 4 aliphatic heterocycles. The molecule has 10 rings (SSSR count). The second-order valence-corrected chi connectivity index (χ2v) is 23.2. The number of hydrogen-bond donors (Lipinski definition) is 5. The number of rotatable bonds is 17. The van der Waals surface area contributed by atoms with E-state index in [4.69, 9.17) is 66.3 Å². The van der Waals surface area contributed by atoms with Crippen LogP contribution in [0.25, 0.3) is 20.4 Å². The number of carbonyl (C=O) groups is 2. The van der Waals surface area contributed by atoms with Crippen LogP contribution in [0.1, 0.15) is 91.9 Å². The average molecular weight is 1110 g/mol. The van der Waals surface area contributed by atoms with Gasteiger partial charge in [-0.2, -0.15) is 9.97 Å². The van der Waals surface area contributed by atoms with E-state index in [1.54, 1.807) is 24.3 Å². The van der Waals surface area contributed by atoms with Crippen molar-refractivity contribution in [3.05, 3.63) is 84.6 Å². The number of carbonyl (C=O) groups excluding carboxylic acids is 1. The number of aromatic nitrogens is 4. The molecule has 0 spiro atoms. The molecule has 0 saturated carbocycles. The van der Waals surface area contributed by atoms with Crippen molar-refractivity contribution in [2.24, 2.45) is 11.8 Å². The van der Waals surface area contributed by atoms with Gasteiger partial charge in [0.25, 0.3) is 0 Å². The predicted molar refractivity (Wildman–Crippen MR) is 303 cm³/mol. The number of benzene rings is 2. The summed E-state index contributed by atoms with van der Waals surface area (Å²) in [5.41, 5.74) is 1.82. The second kappa shape index (κ2) is 25.4. The minimum atomic E-state index is -0.958. The molecular formula is C52H64Cl4N12O3S2. The third-order valence-corrected chi connectivity index (χ3v) is 17.5. The van der Waals surface area contributed by atoms with Crippen LogP contribution >= 0.6 is 69.1 Å². The lowest BCUT2D eigenvalue weighted by Crippen LogP contribution is -2.36. The van der Waals surface area contributed by atoms with E-state index in [2.05, 4.69) is 40.9 Å². The molecular weight excluding hydrogens is 1050 g/mol. The van der Waals surface area contributed by atoms with Crippen LogP contribution in [0.15, 0.2) is 48.5 Å². The highest BCUT2D eigenvalue weighted by Gasteiger charge is 2.27. The Morgan fingerprint density at radius 1 is 0.630 bits per heavy atom. The van der Waals surface area contributed by atoms with Crippen LogP contribution in [0.2, 0.25) is 20.1 Å². The van der Waals surface area contributed by atoms with Crippen LogP contribution in [-0.4, -0.2) is 119 Å². The third kappa shape index (κ3) is 14.3. The van der Waals surface area contributed by atoms with E-state index in [0.717, 1.165) is 102 Å². The molecule has 4 saturated heterocycles. The van der Waals surface area contributed by atoms with Crippen LogP contribution in [0.5, 0.6) is 0 Å². The van der Waals surface area contributed by atoms with Gasteiger partial charge in [0.1, 0.15) is 26.2 Å². The molecule has 73 heavy (non-hydrogen) atoms. The molecule has 0 unspecified atom stereocenters. The van der Waals surface area contributed by atoms with Crippen molar-refractivity contribution < 1.29 is 14.7 Å². The summed E-state index contributed by atoms with van der Waals surface area (Å²) >= 11 is 27.5. The Bertz CT molecular complexity index is 2840. The zero-order chi connectivity index (χ0) is 50.8. The fourth-order valence-electron chi connectivity index (χ4n) is 10.1. The third-order valence-electron chi connectivity index (χ3n) is 14.4. The SMILES string of the molecule is CCNC(=O)Nc1cc2c(NCc3ccc(Cl)cc3Cl)nc(N3CCC(CCN4CCCC4)CC3)nc2s1.O=C(O)c1cc2c(NCc3ccc(Cl)cc3Cl)nc(N3CCC(CCN4CCCC4)CC3)nc2s1. The Morgan fingerprint density at radius 3 is 1.55 bits per heavy atom.